The van der Waals surface area contributed by atoms with E-state index in [0.29, 0.717) is 6.42 Å². The molecule has 1 aromatic rings. The molecule has 202 valence electrons. The number of benzene rings is 1. The van der Waals surface area contributed by atoms with Crippen molar-refractivity contribution in [2.75, 3.05) is 6.54 Å². The number of amides is 1. The Hall–Kier alpha value is -1.36. The lowest BCUT2D eigenvalue weighted by Crippen LogP contribution is -2.30. The number of nitrogens with one attached hydrogen (secondary N) is 1. The summed E-state index contributed by atoms with van der Waals surface area (Å²) in [6, 6.07) is 8.33. The lowest BCUT2D eigenvalue weighted by atomic mass is 9.89. The summed E-state index contributed by atoms with van der Waals surface area (Å²) in [5.74, 6) is 0.170. The van der Waals surface area contributed by atoms with Crippen LogP contribution in [0.15, 0.2) is 36.4 Å². The summed E-state index contributed by atoms with van der Waals surface area (Å²) in [5.41, 5.74) is 8.40. The molecule has 0 radical (unpaired) electrons. The molecule has 0 heterocycles. The summed E-state index contributed by atoms with van der Waals surface area (Å²) in [5, 5.41) is 13.0. The zero-order valence-electron chi connectivity index (χ0n) is 22.7. The number of carbonyl (C=O) groups excluding carboxylic acids is 1. The summed E-state index contributed by atoms with van der Waals surface area (Å²) < 4.78 is 0. The maximum absolute atomic E-state index is 12.1. The largest absolute Gasteiger partial charge is 0.393 e. The molecule has 1 rings (SSSR count). The van der Waals surface area contributed by atoms with Gasteiger partial charge in [-0.15, -0.1) is 12.4 Å². The first kappa shape index (κ1) is 33.6. The number of hydrogen-bond donors (Lipinski definition) is 3. The van der Waals surface area contributed by atoms with Crippen LogP contribution >= 0.6 is 12.4 Å². The summed E-state index contributed by atoms with van der Waals surface area (Å²) in [4.78, 5) is 12.1. The first-order valence-electron chi connectivity index (χ1n) is 13.8. The molecule has 0 bridgehead atoms. The van der Waals surface area contributed by atoms with Gasteiger partial charge < -0.3 is 16.2 Å². The van der Waals surface area contributed by atoms with Gasteiger partial charge in [0, 0.05) is 18.5 Å². The van der Waals surface area contributed by atoms with Crippen molar-refractivity contribution in [2.45, 2.75) is 129 Å². The second kappa shape index (κ2) is 20.8. The first-order valence-corrected chi connectivity index (χ1v) is 13.8. The highest BCUT2D eigenvalue weighted by Crippen LogP contribution is 2.22. The van der Waals surface area contributed by atoms with E-state index in [1.54, 1.807) is 0 Å². The van der Waals surface area contributed by atoms with E-state index in [1.807, 2.05) is 19.9 Å². The number of halogens is 1. The van der Waals surface area contributed by atoms with E-state index >= 15 is 0 Å². The third-order valence-corrected chi connectivity index (χ3v) is 6.40. The van der Waals surface area contributed by atoms with Gasteiger partial charge in [0.15, 0.2) is 0 Å². The van der Waals surface area contributed by atoms with E-state index in [-0.39, 0.29) is 30.0 Å². The number of carbonyl (C=O) groups is 1. The predicted octanol–water partition coefficient (Wildman–Crippen LogP) is 7.36. The minimum atomic E-state index is -0.341. The minimum Gasteiger partial charge on any atom is -0.393 e. The molecule has 0 aromatic heterocycles. The molecule has 1 atom stereocenters. The highest BCUT2D eigenvalue weighted by Gasteiger charge is 2.17. The zero-order valence-corrected chi connectivity index (χ0v) is 23.5. The highest BCUT2D eigenvalue weighted by molar-refractivity contribution is 5.85. The molecule has 35 heavy (non-hydrogen) atoms. The van der Waals surface area contributed by atoms with Gasteiger partial charge in [0.25, 0.3) is 0 Å². The number of unbranched alkanes of at least 4 members (excludes halogenated alkanes) is 8. The van der Waals surface area contributed by atoms with Crippen LogP contribution in [-0.4, -0.2) is 23.7 Å². The molecule has 0 aliphatic carbocycles. The van der Waals surface area contributed by atoms with Gasteiger partial charge in [0.2, 0.25) is 5.91 Å². The van der Waals surface area contributed by atoms with Gasteiger partial charge in [-0.1, -0.05) is 88.3 Å². The molecule has 0 spiro atoms. The fourth-order valence-electron chi connectivity index (χ4n) is 4.34. The van der Waals surface area contributed by atoms with Gasteiger partial charge in [-0.2, -0.15) is 0 Å². The number of aliphatic hydroxyl groups is 1. The Labute approximate surface area is 221 Å². The van der Waals surface area contributed by atoms with Crippen molar-refractivity contribution in [3.8, 4) is 0 Å². The van der Waals surface area contributed by atoms with E-state index in [4.69, 9.17) is 5.73 Å². The van der Waals surface area contributed by atoms with Crippen molar-refractivity contribution in [2.24, 2.45) is 5.73 Å². The van der Waals surface area contributed by atoms with Crippen molar-refractivity contribution in [1.82, 2.24) is 5.32 Å². The number of rotatable bonds is 20. The molecule has 1 aromatic carbocycles. The Balaban J connectivity index is 0.0000116. The Bertz CT molecular complexity index is 685. The fraction of sp³-hybridized carbons (Fsp3) is 0.700. The number of aryl methyl sites for hydroxylation is 1. The Kier molecular flexibility index (Phi) is 20.0. The summed E-state index contributed by atoms with van der Waals surface area (Å²) >= 11 is 0. The number of nitrogens with two attached hydrogens (primary N) is 1. The van der Waals surface area contributed by atoms with E-state index < -0.39 is 0 Å². The molecule has 0 aliphatic heterocycles. The third kappa shape index (κ3) is 17.7. The van der Waals surface area contributed by atoms with E-state index in [1.165, 1.54) is 49.7 Å². The van der Waals surface area contributed by atoms with Crippen LogP contribution in [0.25, 0.3) is 0 Å². The topological polar surface area (TPSA) is 75.3 Å². The van der Waals surface area contributed by atoms with Crippen LogP contribution < -0.4 is 11.1 Å². The maximum atomic E-state index is 12.1. The second-order valence-corrected chi connectivity index (χ2v) is 10.3. The minimum absolute atomic E-state index is 0. The quantitative estimate of drug-likeness (QED) is 0.127. The maximum Gasteiger partial charge on any atom is 0.219 e. The summed E-state index contributed by atoms with van der Waals surface area (Å²) in [7, 11) is 0. The molecule has 0 saturated carbocycles. The van der Waals surface area contributed by atoms with Crippen LogP contribution in [0.5, 0.6) is 0 Å². The van der Waals surface area contributed by atoms with Crippen LogP contribution in [0.2, 0.25) is 0 Å². The molecular formula is C30H53ClN2O2. The monoisotopic (exact) mass is 508 g/mol. The lowest BCUT2D eigenvalue weighted by Gasteiger charge is -2.23. The standard InChI is InChI=1S/C30H52N2O2.ClH/c1-4-5-6-13-21-27(33)22-14-11-9-7-8-10-12-15-24-29(34)32-25-18-20-26-19-16-17-23-28(26)30(2,3)31;/h11,14,16-17,19,23,27,33H,4-10,12-13,15,18,20-22,24-25,31H2,1-3H3,(H,32,34);1H/b14-11-;. The summed E-state index contributed by atoms with van der Waals surface area (Å²) in [6.07, 6.45) is 20.1. The Morgan fingerprint density at radius 2 is 1.69 bits per heavy atom. The van der Waals surface area contributed by atoms with Crippen LogP contribution in [0.4, 0.5) is 0 Å². The molecule has 1 unspecified atom stereocenters. The van der Waals surface area contributed by atoms with Gasteiger partial charge in [-0.25, -0.2) is 0 Å². The molecule has 1 amide bonds. The van der Waals surface area contributed by atoms with E-state index in [9.17, 15) is 9.90 Å². The predicted molar refractivity (Wildman–Crippen MR) is 153 cm³/mol. The van der Waals surface area contributed by atoms with Gasteiger partial charge >= 0.3 is 0 Å². The van der Waals surface area contributed by atoms with Crippen molar-refractivity contribution < 1.29 is 9.90 Å². The molecule has 4 N–H and O–H groups in total. The number of hydrogen-bond acceptors (Lipinski definition) is 3. The van der Waals surface area contributed by atoms with E-state index in [0.717, 1.165) is 57.9 Å². The zero-order chi connectivity index (χ0) is 25.1. The lowest BCUT2D eigenvalue weighted by molar-refractivity contribution is -0.121. The molecule has 0 aliphatic rings. The van der Waals surface area contributed by atoms with Gasteiger partial charge in [-0.3, -0.25) is 4.79 Å². The van der Waals surface area contributed by atoms with Crippen LogP contribution in [0.3, 0.4) is 0 Å². The van der Waals surface area contributed by atoms with Crippen LogP contribution in [0, 0.1) is 0 Å². The number of allylic oxidation sites excluding steroid dienone is 1. The molecule has 5 heteroatoms. The molecular weight excluding hydrogens is 456 g/mol. The van der Waals surface area contributed by atoms with Crippen LogP contribution in [-0.2, 0) is 16.8 Å². The van der Waals surface area contributed by atoms with Crippen molar-refractivity contribution in [1.29, 1.82) is 0 Å². The Morgan fingerprint density at radius 3 is 2.43 bits per heavy atom. The normalized spacial score (nSPS) is 12.5. The van der Waals surface area contributed by atoms with Crippen molar-refractivity contribution in [3.63, 3.8) is 0 Å². The highest BCUT2D eigenvalue weighted by atomic mass is 35.5. The molecule has 0 fully saturated rings. The smallest absolute Gasteiger partial charge is 0.219 e. The third-order valence-electron chi connectivity index (χ3n) is 6.40. The van der Waals surface area contributed by atoms with Crippen molar-refractivity contribution in [3.05, 3.63) is 47.5 Å². The summed E-state index contributed by atoms with van der Waals surface area (Å²) in [6.45, 7) is 7.00. The molecule has 4 nitrogen and oxygen atoms in total. The van der Waals surface area contributed by atoms with Crippen LogP contribution in [0.1, 0.15) is 122 Å². The van der Waals surface area contributed by atoms with Crippen molar-refractivity contribution >= 4 is 18.3 Å². The van der Waals surface area contributed by atoms with E-state index in [2.05, 4.69) is 42.6 Å². The number of aliphatic hydroxyl groups excluding tert-OH is 1. The average Bonchev–Trinajstić information content (AvgIpc) is 2.80. The first-order chi connectivity index (χ1) is 16.3. The van der Waals surface area contributed by atoms with Gasteiger partial charge in [0.1, 0.15) is 0 Å². The van der Waals surface area contributed by atoms with Gasteiger partial charge in [-0.05, 0) is 69.9 Å². The average molecular weight is 509 g/mol. The molecule has 0 saturated heterocycles. The second-order valence-electron chi connectivity index (χ2n) is 10.3. The fourth-order valence-corrected chi connectivity index (χ4v) is 4.34. The Morgan fingerprint density at radius 1 is 1.00 bits per heavy atom. The SMILES string of the molecule is CCCCCCC(O)C/C=C\CCCCCCCC(=O)NCCCc1ccccc1C(C)(C)N.Cl. The van der Waals surface area contributed by atoms with Gasteiger partial charge in [0.05, 0.1) is 6.10 Å².